The Hall–Kier alpha value is -1.24. The number of anilines is 1. The summed E-state index contributed by atoms with van der Waals surface area (Å²) < 4.78 is 0. The van der Waals surface area contributed by atoms with Gasteiger partial charge in [-0.3, -0.25) is 0 Å². The highest BCUT2D eigenvalue weighted by Gasteiger charge is 2.18. The minimum atomic E-state index is 0.596. The van der Waals surface area contributed by atoms with Crippen molar-refractivity contribution >= 4 is 17.3 Å². The van der Waals surface area contributed by atoms with Gasteiger partial charge < -0.3 is 10.2 Å². The standard InChI is InChI=1S/C15H20ClN3/c1-19(13-4-2-3-5-13)9-8-18-15-7-6-12(11-17)10-14(15)16/h6-7,10,13,18H,2-5,8-9H2,1H3. The van der Waals surface area contributed by atoms with Gasteiger partial charge in [0.15, 0.2) is 0 Å². The number of hydrogen-bond donors (Lipinski definition) is 1. The smallest absolute Gasteiger partial charge is 0.0992 e. The number of rotatable bonds is 5. The highest BCUT2D eigenvalue weighted by molar-refractivity contribution is 6.33. The first-order valence-corrected chi connectivity index (χ1v) is 7.22. The molecule has 4 heteroatoms. The minimum absolute atomic E-state index is 0.596. The van der Waals surface area contributed by atoms with Crippen LogP contribution in [0.3, 0.4) is 0 Å². The third-order valence-electron chi connectivity index (χ3n) is 3.83. The van der Waals surface area contributed by atoms with Crippen LogP contribution < -0.4 is 5.32 Å². The van der Waals surface area contributed by atoms with Gasteiger partial charge in [0.1, 0.15) is 0 Å². The quantitative estimate of drug-likeness (QED) is 0.895. The van der Waals surface area contributed by atoms with E-state index < -0.39 is 0 Å². The van der Waals surface area contributed by atoms with Crippen LogP contribution in [0.4, 0.5) is 5.69 Å². The Balaban J connectivity index is 1.80. The molecule has 1 saturated carbocycles. The van der Waals surface area contributed by atoms with Crippen molar-refractivity contribution < 1.29 is 0 Å². The Morgan fingerprint density at radius 2 is 2.16 bits per heavy atom. The van der Waals surface area contributed by atoms with E-state index in [0.29, 0.717) is 10.6 Å². The van der Waals surface area contributed by atoms with Crippen LogP contribution >= 0.6 is 11.6 Å². The second-order valence-corrected chi connectivity index (χ2v) is 5.56. The van der Waals surface area contributed by atoms with E-state index in [4.69, 9.17) is 16.9 Å². The zero-order valence-electron chi connectivity index (χ0n) is 11.3. The number of benzene rings is 1. The Bertz CT molecular complexity index is 461. The number of likely N-dealkylation sites (N-methyl/N-ethyl adjacent to an activating group) is 1. The number of nitrogens with one attached hydrogen (secondary N) is 1. The number of hydrogen-bond acceptors (Lipinski definition) is 3. The van der Waals surface area contributed by atoms with Gasteiger partial charge in [0.05, 0.1) is 22.3 Å². The van der Waals surface area contributed by atoms with E-state index in [1.807, 2.05) is 6.07 Å². The SMILES string of the molecule is CN(CCNc1ccc(C#N)cc1Cl)C1CCCC1. The predicted octanol–water partition coefficient (Wildman–Crippen LogP) is 3.50. The predicted molar refractivity (Wildman–Crippen MR) is 79.5 cm³/mol. The molecule has 19 heavy (non-hydrogen) atoms. The molecule has 0 heterocycles. The second-order valence-electron chi connectivity index (χ2n) is 5.15. The first-order valence-electron chi connectivity index (χ1n) is 6.84. The second kappa shape index (κ2) is 6.79. The molecule has 0 bridgehead atoms. The Morgan fingerprint density at radius 1 is 1.42 bits per heavy atom. The molecule has 1 aromatic carbocycles. The molecule has 0 unspecified atom stereocenters. The Labute approximate surface area is 120 Å². The van der Waals surface area contributed by atoms with Crippen molar-refractivity contribution in [3.05, 3.63) is 28.8 Å². The van der Waals surface area contributed by atoms with Gasteiger partial charge in [-0.15, -0.1) is 0 Å². The number of halogens is 1. The van der Waals surface area contributed by atoms with Crippen LogP contribution in [0, 0.1) is 11.3 Å². The van der Waals surface area contributed by atoms with Gasteiger partial charge in [0.25, 0.3) is 0 Å². The first-order chi connectivity index (χ1) is 9.20. The molecule has 0 saturated heterocycles. The summed E-state index contributed by atoms with van der Waals surface area (Å²) >= 11 is 6.12. The topological polar surface area (TPSA) is 39.1 Å². The van der Waals surface area contributed by atoms with Crippen LogP contribution in [-0.2, 0) is 0 Å². The van der Waals surface area contributed by atoms with Crippen LogP contribution in [0.25, 0.3) is 0 Å². The maximum atomic E-state index is 8.79. The summed E-state index contributed by atoms with van der Waals surface area (Å²) in [7, 11) is 2.19. The molecule has 0 spiro atoms. The zero-order chi connectivity index (χ0) is 13.7. The zero-order valence-corrected chi connectivity index (χ0v) is 12.1. The molecule has 0 radical (unpaired) electrons. The molecule has 0 aliphatic heterocycles. The lowest BCUT2D eigenvalue weighted by molar-refractivity contribution is 0.254. The summed E-state index contributed by atoms with van der Waals surface area (Å²) in [6.07, 6.45) is 5.38. The normalized spacial score (nSPS) is 15.7. The fraction of sp³-hybridized carbons (Fsp3) is 0.533. The molecule has 2 rings (SSSR count). The van der Waals surface area contributed by atoms with Gasteiger partial charge in [-0.1, -0.05) is 24.4 Å². The van der Waals surface area contributed by atoms with E-state index in [1.54, 1.807) is 12.1 Å². The fourth-order valence-corrected chi connectivity index (χ4v) is 2.87. The van der Waals surface area contributed by atoms with Gasteiger partial charge in [-0.25, -0.2) is 0 Å². The largest absolute Gasteiger partial charge is 0.383 e. The first kappa shape index (κ1) is 14.2. The maximum Gasteiger partial charge on any atom is 0.0992 e. The van der Waals surface area contributed by atoms with Crippen molar-refractivity contribution in [3.63, 3.8) is 0 Å². The molecular formula is C15H20ClN3. The summed E-state index contributed by atoms with van der Waals surface area (Å²) in [5.41, 5.74) is 1.50. The van der Waals surface area contributed by atoms with Crippen molar-refractivity contribution in [3.8, 4) is 6.07 Å². The summed E-state index contributed by atoms with van der Waals surface area (Å²) in [4.78, 5) is 2.43. The third kappa shape index (κ3) is 3.86. The number of nitriles is 1. The van der Waals surface area contributed by atoms with Crippen LogP contribution in [0.2, 0.25) is 5.02 Å². The molecular weight excluding hydrogens is 258 g/mol. The summed E-state index contributed by atoms with van der Waals surface area (Å²) in [6, 6.07) is 8.19. The lowest BCUT2D eigenvalue weighted by Gasteiger charge is -2.24. The van der Waals surface area contributed by atoms with E-state index in [9.17, 15) is 0 Å². The van der Waals surface area contributed by atoms with Gasteiger partial charge >= 0.3 is 0 Å². The lowest BCUT2D eigenvalue weighted by Crippen LogP contribution is -2.33. The summed E-state index contributed by atoms with van der Waals surface area (Å²) in [5, 5.41) is 12.7. The average molecular weight is 278 g/mol. The molecule has 1 fully saturated rings. The van der Waals surface area contributed by atoms with E-state index in [1.165, 1.54) is 25.7 Å². The van der Waals surface area contributed by atoms with Crippen LogP contribution in [-0.4, -0.2) is 31.1 Å². The van der Waals surface area contributed by atoms with Gasteiger partial charge in [-0.2, -0.15) is 5.26 Å². The van der Waals surface area contributed by atoms with Gasteiger partial charge in [0.2, 0.25) is 0 Å². The Kier molecular flexibility index (Phi) is 5.07. The summed E-state index contributed by atoms with van der Waals surface area (Å²) in [6.45, 7) is 1.89. The molecule has 1 aromatic rings. The molecule has 0 atom stereocenters. The maximum absolute atomic E-state index is 8.79. The van der Waals surface area contributed by atoms with Gasteiger partial charge in [-0.05, 0) is 38.1 Å². The highest BCUT2D eigenvalue weighted by atomic mass is 35.5. The van der Waals surface area contributed by atoms with Crippen LogP contribution in [0.5, 0.6) is 0 Å². The molecule has 102 valence electrons. The molecule has 0 aromatic heterocycles. The monoisotopic (exact) mass is 277 g/mol. The lowest BCUT2D eigenvalue weighted by atomic mass is 10.2. The minimum Gasteiger partial charge on any atom is -0.383 e. The van der Waals surface area contributed by atoms with Crippen LogP contribution in [0.1, 0.15) is 31.2 Å². The van der Waals surface area contributed by atoms with Crippen molar-refractivity contribution in [2.75, 3.05) is 25.5 Å². The molecule has 0 amide bonds. The highest BCUT2D eigenvalue weighted by Crippen LogP contribution is 2.24. The van der Waals surface area contributed by atoms with Crippen molar-refractivity contribution in [2.24, 2.45) is 0 Å². The molecule has 1 N–H and O–H groups in total. The molecule has 1 aliphatic carbocycles. The molecule has 1 aliphatic rings. The average Bonchev–Trinajstić information content (AvgIpc) is 2.94. The number of nitrogens with zero attached hydrogens (tertiary/aromatic N) is 2. The van der Waals surface area contributed by atoms with E-state index in [2.05, 4.69) is 23.3 Å². The third-order valence-corrected chi connectivity index (χ3v) is 4.14. The Morgan fingerprint density at radius 3 is 2.79 bits per heavy atom. The van der Waals surface area contributed by atoms with Crippen molar-refractivity contribution in [1.29, 1.82) is 5.26 Å². The summed E-state index contributed by atoms with van der Waals surface area (Å²) in [5.74, 6) is 0. The van der Waals surface area contributed by atoms with E-state index >= 15 is 0 Å². The van der Waals surface area contributed by atoms with Crippen molar-refractivity contribution in [1.82, 2.24) is 4.90 Å². The van der Waals surface area contributed by atoms with E-state index in [0.717, 1.165) is 24.8 Å². The van der Waals surface area contributed by atoms with Crippen LogP contribution in [0.15, 0.2) is 18.2 Å². The van der Waals surface area contributed by atoms with Crippen molar-refractivity contribution in [2.45, 2.75) is 31.7 Å². The molecule has 3 nitrogen and oxygen atoms in total. The van der Waals surface area contributed by atoms with E-state index in [-0.39, 0.29) is 0 Å². The fourth-order valence-electron chi connectivity index (χ4n) is 2.62. The van der Waals surface area contributed by atoms with Gasteiger partial charge in [0, 0.05) is 19.1 Å².